The number of carbonyl (C=O) groups is 3. The lowest BCUT2D eigenvalue weighted by Gasteiger charge is -2.21. The first kappa shape index (κ1) is 16.7. The number of aryl methyl sites for hydroxylation is 1. The van der Waals surface area contributed by atoms with Crippen molar-refractivity contribution in [3.05, 3.63) is 35.9 Å². The number of rotatable bonds is 9. The molecule has 0 aliphatic heterocycles. The van der Waals surface area contributed by atoms with E-state index in [-0.39, 0.29) is 38.3 Å². The van der Waals surface area contributed by atoms with Gasteiger partial charge in [0.2, 0.25) is 5.91 Å². The standard InChI is InChI=1S/C15H19NO5/c17-13(7-6-12-4-2-1-3-5-12)16(10-8-14(18)19)11-9-15(20)21/h1-5H,6-11H2,(H,18,19)(H,20,21). The largest absolute Gasteiger partial charge is 0.481 e. The molecule has 0 aliphatic carbocycles. The molecule has 0 atom stereocenters. The van der Waals surface area contributed by atoms with Crippen LogP contribution in [-0.4, -0.2) is 46.0 Å². The maximum absolute atomic E-state index is 12.1. The van der Waals surface area contributed by atoms with Gasteiger partial charge in [0, 0.05) is 19.5 Å². The number of carboxylic acids is 2. The summed E-state index contributed by atoms with van der Waals surface area (Å²) in [6, 6.07) is 9.47. The molecule has 0 saturated heterocycles. The van der Waals surface area contributed by atoms with E-state index >= 15 is 0 Å². The van der Waals surface area contributed by atoms with Gasteiger partial charge in [-0.15, -0.1) is 0 Å². The van der Waals surface area contributed by atoms with Gasteiger partial charge in [-0.3, -0.25) is 14.4 Å². The van der Waals surface area contributed by atoms with Crippen LogP contribution in [0.2, 0.25) is 0 Å². The van der Waals surface area contributed by atoms with Crippen molar-refractivity contribution >= 4 is 17.8 Å². The number of carbonyl (C=O) groups excluding carboxylic acids is 1. The smallest absolute Gasteiger partial charge is 0.305 e. The lowest BCUT2D eigenvalue weighted by molar-refractivity contribution is -0.139. The fraction of sp³-hybridized carbons (Fsp3) is 0.400. The summed E-state index contributed by atoms with van der Waals surface area (Å²) in [5.41, 5.74) is 1.02. The SMILES string of the molecule is O=C(O)CCN(CCC(=O)O)C(=O)CCc1ccccc1. The Labute approximate surface area is 123 Å². The van der Waals surface area contributed by atoms with Gasteiger partial charge in [0.25, 0.3) is 0 Å². The van der Waals surface area contributed by atoms with Gasteiger partial charge in [-0.2, -0.15) is 0 Å². The molecule has 1 aromatic rings. The third-order valence-electron chi connectivity index (χ3n) is 3.01. The number of carboxylic acid groups (broad SMARTS) is 2. The zero-order valence-electron chi connectivity index (χ0n) is 11.7. The molecule has 1 aromatic carbocycles. The molecule has 0 heterocycles. The van der Waals surface area contributed by atoms with Crippen molar-refractivity contribution in [1.82, 2.24) is 4.90 Å². The highest BCUT2D eigenvalue weighted by molar-refractivity contribution is 5.78. The zero-order valence-corrected chi connectivity index (χ0v) is 11.7. The number of hydrogen-bond acceptors (Lipinski definition) is 3. The third-order valence-corrected chi connectivity index (χ3v) is 3.01. The van der Waals surface area contributed by atoms with Crippen molar-refractivity contribution in [2.24, 2.45) is 0 Å². The second-order valence-electron chi connectivity index (χ2n) is 4.65. The normalized spacial score (nSPS) is 10.1. The van der Waals surface area contributed by atoms with Gasteiger partial charge in [-0.05, 0) is 12.0 Å². The second kappa shape index (κ2) is 8.73. The van der Waals surface area contributed by atoms with Crippen LogP contribution in [0.4, 0.5) is 0 Å². The van der Waals surface area contributed by atoms with E-state index in [0.29, 0.717) is 6.42 Å². The molecule has 0 fully saturated rings. The molecule has 6 nitrogen and oxygen atoms in total. The number of nitrogens with zero attached hydrogens (tertiary/aromatic N) is 1. The first-order chi connectivity index (χ1) is 9.99. The lowest BCUT2D eigenvalue weighted by atomic mass is 10.1. The van der Waals surface area contributed by atoms with E-state index in [9.17, 15) is 14.4 Å². The number of hydrogen-bond donors (Lipinski definition) is 2. The van der Waals surface area contributed by atoms with Crippen molar-refractivity contribution in [2.45, 2.75) is 25.7 Å². The average molecular weight is 293 g/mol. The predicted octanol–water partition coefficient (Wildman–Crippen LogP) is 1.40. The van der Waals surface area contributed by atoms with Gasteiger partial charge in [-0.1, -0.05) is 30.3 Å². The number of aliphatic carboxylic acids is 2. The summed E-state index contributed by atoms with van der Waals surface area (Å²) in [5.74, 6) is -2.24. The van der Waals surface area contributed by atoms with Crippen molar-refractivity contribution in [1.29, 1.82) is 0 Å². The third kappa shape index (κ3) is 7.10. The van der Waals surface area contributed by atoms with Crippen molar-refractivity contribution in [3.8, 4) is 0 Å². The van der Waals surface area contributed by atoms with E-state index in [4.69, 9.17) is 10.2 Å². The molecule has 2 N–H and O–H groups in total. The van der Waals surface area contributed by atoms with Gasteiger partial charge in [0.15, 0.2) is 0 Å². The molecule has 21 heavy (non-hydrogen) atoms. The van der Waals surface area contributed by atoms with Crippen LogP contribution >= 0.6 is 0 Å². The molecule has 6 heteroatoms. The molecule has 1 amide bonds. The fourth-order valence-electron chi connectivity index (χ4n) is 1.88. The second-order valence-corrected chi connectivity index (χ2v) is 4.65. The van der Waals surface area contributed by atoms with Gasteiger partial charge in [0.05, 0.1) is 12.8 Å². The Morgan fingerprint density at radius 2 is 1.38 bits per heavy atom. The summed E-state index contributed by atoms with van der Waals surface area (Å²) in [6.07, 6.45) is 0.424. The molecule has 0 radical (unpaired) electrons. The van der Waals surface area contributed by atoms with E-state index in [0.717, 1.165) is 5.56 Å². The van der Waals surface area contributed by atoms with Crippen LogP contribution in [0.5, 0.6) is 0 Å². The molecule has 0 spiro atoms. The molecular weight excluding hydrogens is 274 g/mol. The quantitative estimate of drug-likeness (QED) is 0.717. The van der Waals surface area contributed by atoms with E-state index in [1.54, 1.807) is 0 Å². The fourth-order valence-corrected chi connectivity index (χ4v) is 1.88. The van der Waals surface area contributed by atoms with Crippen LogP contribution in [0.25, 0.3) is 0 Å². The molecule has 114 valence electrons. The Morgan fingerprint density at radius 1 is 0.857 bits per heavy atom. The Hall–Kier alpha value is -2.37. The molecule has 0 aromatic heterocycles. The monoisotopic (exact) mass is 293 g/mol. The lowest BCUT2D eigenvalue weighted by Crippen LogP contribution is -2.35. The topological polar surface area (TPSA) is 94.9 Å². The van der Waals surface area contributed by atoms with Crippen LogP contribution in [-0.2, 0) is 20.8 Å². The maximum atomic E-state index is 12.1. The summed E-state index contributed by atoms with van der Waals surface area (Å²) in [5, 5.41) is 17.4. The van der Waals surface area contributed by atoms with Gasteiger partial charge in [-0.25, -0.2) is 0 Å². The first-order valence-corrected chi connectivity index (χ1v) is 6.74. The number of amides is 1. The minimum absolute atomic E-state index is 0.0379. The summed E-state index contributed by atoms with van der Waals surface area (Å²) < 4.78 is 0. The Morgan fingerprint density at radius 3 is 1.86 bits per heavy atom. The van der Waals surface area contributed by atoms with Crippen molar-refractivity contribution < 1.29 is 24.6 Å². The van der Waals surface area contributed by atoms with E-state index < -0.39 is 11.9 Å². The molecule has 0 bridgehead atoms. The van der Waals surface area contributed by atoms with Crippen molar-refractivity contribution in [3.63, 3.8) is 0 Å². The van der Waals surface area contributed by atoms with Crippen LogP contribution in [0.3, 0.4) is 0 Å². The summed E-state index contributed by atoms with van der Waals surface area (Å²) in [6.45, 7) is 0.0759. The van der Waals surface area contributed by atoms with Gasteiger partial charge in [0.1, 0.15) is 0 Å². The Bertz CT molecular complexity index is 468. The molecule has 1 rings (SSSR count). The molecule has 0 unspecified atom stereocenters. The highest BCUT2D eigenvalue weighted by Gasteiger charge is 2.15. The van der Waals surface area contributed by atoms with Crippen molar-refractivity contribution in [2.75, 3.05) is 13.1 Å². The van der Waals surface area contributed by atoms with Gasteiger partial charge < -0.3 is 15.1 Å². The summed E-state index contributed by atoms with van der Waals surface area (Å²) in [7, 11) is 0. The predicted molar refractivity (Wildman–Crippen MR) is 75.8 cm³/mol. The minimum Gasteiger partial charge on any atom is -0.481 e. The summed E-state index contributed by atoms with van der Waals surface area (Å²) >= 11 is 0. The first-order valence-electron chi connectivity index (χ1n) is 6.74. The minimum atomic E-state index is -1.01. The summed E-state index contributed by atoms with van der Waals surface area (Å²) in [4.78, 5) is 34.6. The highest BCUT2D eigenvalue weighted by atomic mass is 16.4. The zero-order chi connectivity index (χ0) is 15.7. The number of benzene rings is 1. The van der Waals surface area contributed by atoms with Crippen LogP contribution < -0.4 is 0 Å². The van der Waals surface area contributed by atoms with Crippen LogP contribution in [0.15, 0.2) is 30.3 Å². The molecule has 0 aliphatic rings. The Kier molecular flexibility index (Phi) is 6.94. The van der Waals surface area contributed by atoms with Crippen LogP contribution in [0.1, 0.15) is 24.8 Å². The van der Waals surface area contributed by atoms with Crippen LogP contribution in [0, 0.1) is 0 Å². The highest BCUT2D eigenvalue weighted by Crippen LogP contribution is 2.06. The van der Waals surface area contributed by atoms with E-state index in [1.165, 1.54) is 4.90 Å². The Balaban J connectivity index is 2.52. The molecule has 0 saturated carbocycles. The van der Waals surface area contributed by atoms with Gasteiger partial charge >= 0.3 is 11.9 Å². The van der Waals surface area contributed by atoms with E-state index in [1.807, 2.05) is 30.3 Å². The maximum Gasteiger partial charge on any atom is 0.305 e. The molecular formula is C15H19NO5. The van der Waals surface area contributed by atoms with E-state index in [2.05, 4.69) is 0 Å². The average Bonchev–Trinajstić information content (AvgIpc) is 2.45.